The Labute approximate surface area is 93.6 Å². The van der Waals surface area contributed by atoms with E-state index in [1.54, 1.807) is 6.92 Å². The summed E-state index contributed by atoms with van der Waals surface area (Å²) < 4.78 is 4.80. The lowest BCUT2D eigenvalue weighted by Crippen LogP contribution is -2.51. The van der Waals surface area contributed by atoms with E-state index in [0.717, 1.165) is 25.7 Å². The van der Waals surface area contributed by atoms with E-state index in [1.807, 2.05) is 0 Å². The summed E-state index contributed by atoms with van der Waals surface area (Å²) in [6.45, 7) is 1.98. The van der Waals surface area contributed by atoms with Crippen molar-refractivity contribution in [1.29, 1.82) is 0 Å². The number of amides is 1. The molecule has 0 saturated heterocycles. The second-order valence-corrected chi connectivity index (χ2v) is 4.28. The van der Waals surface area contributed by atoms with E-state index in [2.05, 4.69) is 15.5 Å². The van der Waals surface area contributed by atoms with Gasteiger partial charge in [-0.05, 0) is 12.8 Å². The predicted molar refractivity (Wildman–Crippen MR) is 56.3 cm³/mol. The zero-order valence-electron chi connectivity index (χ0n) is 9.32. The maximum absolute atomic E-state index is 11.8. The zero-order valence-corrected chi connectivity index (χ0v) is 9.32. The van der Waals surface area contributed by atoms with Gasteiger partial charge in [0.05, 0.1) is 12.1 Å². The number of carbonyl (C=O) groups excluding carboxylic acids is 1. The van der Waals surface area contributed by atoms with Crippen LogP contribution in [0.2, 0.25) is 0 Å². The molecule has 0 aliphatic heterocycles. The fourth-order valence-electron chi connectivity index (χ4n) is 1.98. The Hall–Kier alpha value is -1.43. The van der Waals surface area contributed by atoms with Gasteiger partial charge in [-0.3, -0.25) is 4.79 Å². The minimum Gasteiger partial charge on any atom is -0.347 e. The minimum atomic E-state index is -0.696. The van der Waals surface area contributed by atoms with Crippen LogP contribution in [0.4, 0.5) is 0 Å². The fourth-order valence-corrected chi connectivity index (χ4v) is 1.98. The number of carbonyl (C=O) groups is 1. The summed E-state index contributed by atoms with van der Waals surface area (Å²) in [5, 5.41) is 6.44. The molecule has 1 fully saturated rings. The van der Waals surface area contributed by atoms with Crippen LogP contribution in [-0.4, -0.2) is 21.6 Å². The molecule has 1 aromatic heterocycles. The second-order valence-electron chi connectivity index (χ2n) is 4.28. The Morgan fingerprint density at radius 2 is 2.25 bits per heavy atom. The standard InChI is InChI=1S/C10H16N4O2/c1-7-13-8(14-16-7)6-12-9(15)10(11)4-2-3-5-10/h2-6,11H2,1H3,(H,12,15). The van der Waals surface area contributed by atoms with Crippen LogP contribution in [-0.2, 0) is 11.3 Å². The minimum absolute atomic E-state index is 0.118. The third-order valence-electron chi connectivity index (χ3n) is 2.92. The molecule has 16 heavy (non-hydrogen) atoms. The molecule has 2 rings (SSSR count). The van der Waals surface area contributed by atoms with Crippen molar-refractivity contribution in [3.63, 3.8) is 0 Å². The molecule has 0 radical (unpaired) electrons. The van der Waals surface area contributed by atoms with Gasteiger partial charge < -0.3 is 15.6 Å². The van der Waals surface area contributed by atoms with Gasteiger partial charge in [0, 0.05) is 6.92 Å². The van der Waals surface area contributed by atoms with E-state index < -0.39 is 5.54 Å². The largest absolute Gasteiger partial charge is 0.347 e. The van der Waals surface area contributed by atoms with Gasteiger partial charge in [-0.25, -0.2) is 0 Å². The molecule has 1 amide bonds. The van der Waals surface area contributed by atoms with Crippen LogP contribution in [0.25, 0.3) is 0 Å². The Morgan fingerprint density at radius 1 is 1.56 bits per heavy atom. The van der Waals surface area contributed by atoms with Crippen LogP contribution >= 0.6 is 0 Å². The van der Waals surface area contributed by atoms with Gasteiger partial charge in [0.15, 0.2) is 5.82 Å². The second kappa shape index (κ2) is 4.21. The van der Waals surface area contributed by atoms with Crippen LogP contribution < -0.4 is 11.1 Å². The van der Waals surface area contributed by atoms with Crippen molar-refractivity contribution in [3.8, 4) is 0 Å². The van der Waals surface area contributed by atoms with E-state index in [0.29, 0.717) is 11.7 Å². The Kier molecular flexibility index (Phi) is 2.91. The first-order chi connectivity index (χ1) is 7.60. The van der Waals surface area contributed by atoms with E-state index in [1.165, 1.54) is 0 Å². The Morgan fingerprint density at radius 3 is 2.81 bits per heavy atom. The molecule has 1 aliphatic carbocycles. The zero-order chi connectivity index (χ0) is 11.6. The molecular formula is C10H16N4O2. The molecule has 0 aromatic carbocycles. The van der Waals surface area contributed by atoms with Crippen molar-refractivity contribution in [2.24, 2.45) is 5.73 Å². The summed E-state index contributed by atoms with van der Waals surface area (Å²) in [6, 6.07) is 0. The first-order valence-electron chi connectivity index (χ1n) is 5.46. The number of aryl methyl sites for hydroxylation is 1. The van der Waals surface area contributed by atoms with Crippen molar-refractivity contribution in [2.45, 2.75) is 44.7 Å². The van der Waals surface area contributed by atoms with Gasteiger partial charge in [0.2, 0.25) is 11.8 Å². The van der Waals surface area contributed by atoms with Crippen LogP contribution in [0.3, 0.4) is 0 Å². The van der Waals surface area contributed by atoms with Gasteiger partial charge in [-0.2, -0.15) is 4.98 Å². The summed E-state index contributed by atoms with van der Waals surface area (Å²) >= 11 is 0. The highest BCUT2D eigenvalue weighted by molar-refractivity contribution is 5.86. The number of hydrogen-bond acceptors (Lipinski definition) is 5. The summed E-state index contributed by atoms with van der Waals surface area (Å²) in [7, 11) is 0. The number of hydrogen-bond donors (Lipinski definition) is 2. The maximum Gasteiger partial charge on any atom is 0.240 e. The van der Waals surface area contributed by atoms with Crippen molar-refractivity contribution in [3.05, 3.63) is 11.7 Å². The lowest BCUT2D eigenvalue weighted by atomic mass is 9.98. The molecule has 88 valence electrons. The molecule has 1 aliphatic rings. The third kappa shape index (κ3) is 2.21. The molecule has 0 atom stereocenters. The smallest absolute Gasteiger partial charge is 0.240 e. The molecule has 3 N–H and O–H groups in total. The molecule has 6 heteroatoms. The highest BCUT2D eigenvalue weighted by atomic mass is 16.5. The molecule has 0 bridgehead atoms. The van der Waals surface area contributed by atoms with Gasteiger partial charge in [0.25, 0.3) is 0 Å². The highest BCUT2D eigenvalue weighted by Gasteiger charge is 2.36. The van der Waals surface area contributed by atoms with Crippen molar-refractivity contribution >= 4 is 5.91 Å². The number of rotatable bonds is 3. The average Bonchev–Trinajstić information content (AvgIpc) is 2.85. The summed E-state index contributed by atoms with van der Waals surface area (Å²) in [4.78, 5) is 15.8. The van der Waals surface area contributed by atoms with Crippen LogP contribution in [0, 0.1) is 6.92 Å². The van der Waals surface area contributed by atoms with Crippen LogP contribution in [0.15, 0.2) is 4.52 Å². The van der Waals surface area contributed by atoms with Crippen molar-refractivity contribution in [1.82, 2.24) is 15.5 Å². The lowest BCUT2D eigenvalue weighted by molar-refractivity contribution is -0.126. The third-order valence-corrected chi connectivity index (χ3v) is 2.92. The van der Waals surface area contributed by atoms with E-state index in [4.69, 9.17) is 10.3 Å². The number of nitrogens with two attached hydrogens (primary N) is 1. The fraction of sp³-hybridized carbons (Fsp3) is 0.700. The summed E-state index contributed by atoms with van der Waals surface area (Å²) in [5.74, 6) is 0.854. The van der Waals surface area contributed by atoms with E-state index in [9.17, 15) is 4.79 Å². The number of nitrogens with one attached hydrogen (secondary N) is 1. The molecular weight excluding hydrogens is 208 g/mol. The number of aromatic nitrogens is 2. The Bertz CT molecular complexity index is 382. The van der Waals surface area contributed by atoms with Gasteiger partial charge in [0.1, 0.15) is 0 Å². The van der Waals surface area contributed by atoms with Crippen LogP contribution in [0.5, 0.6) is 0 Å². The molecule has 0 spiro atoms. The highest BCUT2D eigenvalue weighted by Crippen LogP contribution is 2.27. The van der Waals surface area contributed by atoms with Gasteiger partial charge in [-0.15, -0.1) is 0 Å². The first-order valence-corrected chi connectivity index (χ1v) is 5.46. The molecule has 0 unspecified atom stereocenters. The normalized spacial score (nSPS) is 18.6. The molecule has 1 saturated carbocycles. The quantitative estimate of drug-likeness (QED) is 0.768. The van der Waals surface area contributed by atoms with Gasteiger partial charge >= 0.3 is 0 Å². The van der Waals surface area contributed by atoms with Crippen molar-refractivity contribution < 1.29 is 9.32 Å². The predicted octanol–water partition coefficient (Wildman–Crippen LogP) is 0.266. The van der Waals surface area contributed by atoms with E-state index in [-0.39, 0.29) is 12.5 Å². The Balaban J connectivity index is 1.88. The number of nitrogens with zero attached hydrogens (tertiary/aromatic N) is 2. The SMILES string of the molecule is Cc1nc(CNC(=O)C2(N)CCCC2)no1. The topological polar surface area (TPSA) is 94.0 Å². The van der Waals surface area contributed by atoms with E-state index >= 15 is 0 Å². The molecule has 1 aromatic rings. The maximum atomic E-state index is 11.8. The monoisotopic (exact) mass is 224 g/mol. The first kappa shape index (κ1) is 11.1. The molecule has 6 nitrogen and oxygen atoms in total. The lowest BCUT2D eigenvalue weighted by Gasteiger charge is -2.21. The van der Waals surface area contributed by atoms with Crippen molar-refractivity contribution in [2.75, 3.05) is 0 Å². The van der Waals surface area contributed by atoms with Crippen LogP contribution in [0.1, 0.15) is 37.4 Å². The summed E-state index contributed by atoms with van der Waals surface area (Å²) in [5.41, 5.74) is 5.30. The summed E-state index contributed by atoms with van der Waals surface area (Å²) in [6.07, 6.45) is 3.55. The average molecular weight is 224 g/mol. The van der Waals surface area contributed by atoms with Gasteiger partial charge in [-0.1, -0.05) is 18.0 Å². The molecule has 1 heterocycles.